The first-order chi connectivity index (χ1) is 38.2. The van der Waals surface area contributed by atoms with E-state index < -0.39 is 38.5 Å². The first-order valence-corrected chi connectivity index (χ1v) is 43.4. The van der Waals surface area contributed by atoms with Crippen molar-refractivity contribution >= 4 is 88.9 Å². The summed E-state index contributed by atoms with van der Waals surface area (Å²) in [6.45, 7) is 40.0. The van der Waals surface area contributed by atoms with Crippen molar-refractivity contribution in [3.05, 3.63) is 160 Å². The molecule has 1 N–H and O–H groups in total. The van der Waals surface area contributed by atoms with Gasteiger partial charge in [-0.3, -0.25) is 0 Å². The number of anilines is 1. The van der Waals surface area contributed by atoms with Gasteiger partial charge in [0.25, 0.3) is 0 Å². The fourth-order valence-electron chi connectivity index (χ4n) is 8.16. The van der Waals surface area contributed by atoms with Crippen LogP contribution in [0.3, 0.4) is 0 Å². The van der Waals surface area contributed by atoms with Gasteiger partial charge in [-0.2, -0.15) is 0 Å². The Morgan fingerprint density at radius 2 is 0.843 bits per heavy atom. The Balaban J connectivity index is 0.000000392. The normalized spacial score (nSPS) is 15.2. The van der Waals surface area contributed by atoms with Crippen molar-refractivity contribution in [3.8, 4) is 0 Å². The van der Waals surface area contributed by atoms with E-state index in [1.54, 1.807) is 20.8 Å². The molecule has 0 saturated carbocycles. The Hall–Kier alpha value is -3.25. The van der Waals surface area contributed by atoms with E-state index in [0.29, 0.717) is 0 Å². The van der Waals surface area contributed by atoms with Crippen molar-refractivity contribution in [3.63, 3.8) is 0 Å². The van der Waals surface area contributed by atoms with Crippen LogP contribution in [0.4, 0.5) is 22.7 Å². The predicted octanol–water partition coefficient (Wildman–Crippen LogP) is 15.7. The molecule has 0 radical (unpaired) electrons. The van der Waals surface area contributed by atoms with Gasteiger partial charge in [-0.05, 0) is 104 Å². The summed E-state index contributed by atoms with van der Waals surface area (Å²) in [5, 5.41) is 19.9. The minimum absolute atomic E-state index is 0. The molecule has 444 valence electrons. The number of nitrogens with one attached hydrogen (secondary N) is 1. The van der Waals surface area contributed by atoms with Gasteiger partial charge in [-0.15, -0.1) is 11.3 Å². The zero-order chi connectivity index (χ0) is 59.4. The number of benzene rings is 6. The maximum Gasteiger partial charge on any atom is 3.00 e. The van der Waals surface area contributed by atoms with Crippen molar-refractivity contribution in [1.29, 1.82) is 0 Å². The molecular weight excluding hydrogens is 1160 g/mol. The quantitative estimate of drug-likeness (QED) is 0.0823. The molecule has 0 aromatic heterocycles. The molecule has 0 bridgehead atoms. The van der Waals surface area contributed by atoms with Crippen molar-refractivity contribution in [1.82, 2.24) is 0 Å². The average molecular weight is 1270 g/mol. The molecule has 0 atom stereocenters. The molecule has 4 saturated heterocycles. The summed E-state index contributed by atoms with van der Waals surface area (Å²) in [6, 6.07) is 46.0. The van der Waals surface area contributed by atoms with Gasteiger partial charge in [-0.1, -0.05) is 238 Å². The first-order valence-electron chi connectivity index (χ1n) is 29.5. The molecule has 0 unspecified atom stereocenters. The SMILES string of the molecule is C1CCOC1.C1CCOC1.C1CCOC1.C1CCOC1.CC(C)(C)[O-].C[Si](C)(C)/N=C(/[N-]c1cccc2cccc(N[Si](C)(C)C)c12)c1ccccc1.C[Si](C)(C)[N-]C(=Nc1cccc2cccc([N-][Si](C)(C)C)c12)c1ccccc1.[Li+].[Y+3]. The fourth-order valence-corrected chi connectivity index (χ4v) is 11.7. The molecule has 0 aliphatic carbocycles. The number of rotatable bonds is 10. The van der Waals surface area contributed by atoms with Crippen LogP contribution >= 0.6 is 0 Å². The maximum absolute atomic E-state index is 10.1. The van der Waals surface area contributed by atoms with Crippen LogP contribution in [0.25, 0.3) is 36.8 Å². The molecule has 4 fully saturated rings. The van der Waals surface area contributed by atoms with E-state index >= 15 is 0 Å². The third kappa shape index (κ3) is 34.0. The molecular formula is C66H100LiN6O5Si4Y. The Labute approximate surface area is 543 Å². The Morgan fingerprint density at radius 3 is 1.20 bits per heavy atom. The molecule has 0 amide bonds. The van der Waals surface area contributed by atoms with E-state index in [1.807, 2.05) is 36.4 Å². The summed E-state index contributed by atoms with van der Waals surface area (Å²) in [5.41, 5.74) is 5.49. The summed E-state index contributed by atoms with van der Waals surface area (Å²) >= 11 is 0. The third-order valence-electron chi connectivity index (χ3n) is 11.4. The minimum atomic E-state index is -1.70. The molecule has 10 rings (SSSR count). The second kappa shape index (κ2) is 38.8. The Bertz CT molecular complexity index is 2700. The summed E-state index contributed by atoms with van der Waals surface area (Å²) < 4.78 is 24.8. The average Bonchev–Trinajstić information content (AvgIpc) is 4.39. The van der Waals surface area contributed by atoms with Gasteiger partial charge in [0.2, 0.25) is 0 Å². The monoisotopic (exact) mass is 1260 g/mol. The topological polar surface area (TPSA) is 139 Å². The van der Waals surface area contributed by atoms with Crippen molar-refractivity contribution in [2.75, 3.05) is 57.8 Å². The second-order valence-electron chi connectivity index (χ2n) is 25.5. The largest absolute Gasteiger partial charge is 3.00 e. The number of hydrogen-bond donors (Lipinski definition) is 1. The van der Waals surface area contributed by atoms with E-state index in [-0.39, 0.29) is 51.6 Å². The number of nitrogens with zero attached hydrogens (tertiary/aromatic N) is 5. The molecule has 0 spiro atoms. The molecule has 4 heterocycles. The van der Waals surface area contributed by atoms with Crippen LogP contribution in [0.15, 0.2) is 143 Å². The summed E-state index contributed by atoms with van der Waals surface area (Å²) in [5.74, 6) is 1.64. The molecule has 4 aliphatic heterocycles. The van der Waals surface area contributed by atoms with E-state index in [9.17, 15) is 5.11 Å². The fraction of sp³-hybridized carbons (Fsp3) is 0.485. The predicted molar refractivity (Wildman–Crippen MR) is 360 cm³/mol. The van der Waals surface area contributed by atoms with Crippen LogP contribution in [-0.2, 0) is 51.7 Å². The third-order valence-corrected chi connectivity index (χ3v) is 15.1. The molecule has 83 heavy (non-hydrogen) atoms. The minimum Gasteiger partial charge on any atom is -0.850 e. The number of hydrogen-bond acceptors (Lipinski definition) is 8. The van der Waals surface area contributed by atoms with E-state index in [1.165, 1.54) is 67.5 Å². The van der Waals surface area contributed by atoms with Gasteiger partial charge in [0, 0.05) is 80.4 Å². The zero-order valence-corrected chi connectivity index (χ0v) is 60.7. The van der Waals surface area contributed by atoms with E-state index in [2.05, 4.69) is 181 Å². The van der Waals surface area contributed by atoms with Crippen LogP contribution in [0.5, 0.6) is 0 Å². The van der Waals surface area contributed by atoms with E-state index in [4.69, 9.17) is 43.9 Å². The Morgan fingerprint density at radius 1 is 0.470 bits per heavy atom. The van der Waals surface area contributed by atoms with Crippen LogP contribution in [-0.4, -0.2) is 103 Å². The summed E-state index contributed by atoms with van der Waals surface area (Å²) in [4.78, 5) is 19.0. The molecule has 17 heteroatoms. The van der Waals surface area contributed by atoms with Crippen molar-refractivity contribution < 1.29 is 75.6 Å². The van der Waals surface area contributed by atoms with E-state index in [0.717, 1.165) is 104 Å². The summed E-state index contributed by atoms with van der Waals surface area (Å²) in [7, 11) is -6.51. The number of amidine groups is 2. The van der Waals surface area contributed by atoms with Crippen molar-refractivity contribution in [2.24, 2.45) is 9.65 Å². The molecule has 11 nitrogen and oxygen atoms in total. The van der Waals surface area contributed by atoms with Crippen LogP contribution < -0.4 is 28.9 Å². The van der Waals surface area contributed by atoms with Gasteiger partial charge in [0.05, 0.1) is 0 Å². The van der Waals surface area contributed by atoms with Crippen LogP contribution in [0, 0.1) is 0 Å². The standard InChI is InChI=1S/C23H30N3Si2.C23H29N3Si2.4C4H8O.C4H9O.Li.Y/c2*1-27(2,3)25-21-17-11-15-18-14-10-16-20(22(18)21)24-23(26-28(4,5)6)19-12-8-7-9-13-19;4*1-2-4-5-3-1;1-4(2,3)5;;/h7-17,25H,1-6H3;7-17H,1-6H3;4*1-4H2;1-3H3;;/q-1;-2;;;;;-1;+1;+3. The first kappa shape index (κ1) is 75.8. The van der Waals surface area contributed by atoms with Crippen LogP contribution in [0.1, 0.15) is 83.3 Å². The zero-order valence-electron chi connectivity index (χ0n) is 53.9. The summed E-state index contributed by atoms with van der Waals surface area (Å²) in [6.07, 6.45) is 10.2. The second-order valence-corrected chi connectivity index (χ2v) is 44.0. The number of fused-ring (bicyclic) bond motifs is 2. The van der Waals surface area contributed by atoms with Crippen molar-refractivity contribution in [2.45, 2.75) is 156 Å². The maximum atomic E-state index is 10.1. The van der Waals surface area contributed by atoms with Gasteiger partial charge >= 0.3 is 51.6 Å². The van der Waals surface area contributed by atoms with Gasteiger partial charge in [-0.25, -0.2) is 0 Å². The van der Waals surface area contributed by atoms with Gasteiger partial charge in [0.15, 0.2) is 0 Å². The molecule has 6 aromatic carbocycles. The molecule has 6 aromatic rings. The molecule has 4 aliphatic rings. The number of aliphatic imine (C=N–C) groups is 1. The van der Waals surface area contributed by atoms with Gasteiger partial charge < -0.3 is 54.0 Å². The number of ether oxygens (including phenoxy) is 4. The van der Waals surface area contributed by atoms with Crippen LogP contribution in [0.2, 0.25) is 78.6 Å². The smallest absolute Gasteiger partial charge is 0.850 e. The Kier molecular flexibility index (Phi) is 35.5. The van der Waals surface area contributed by atoms with Gasteiger partial charge in [0.1, 0.15) is 8.24 Å².